The molecule has 0 bridgehead atoms. The number of aromatic amines is 1. The molecule has 3 N–H and O–H groups in total. The second-order valence-electron chi connectivity index (χ2n) is 5.65. The van der Waals surface area contributed by atoms with Crippen LogP contribution in [0.15, 0.2) is 47.5 Å². The van der Waals surface area contributed by atoms with Crippen LogP contribution in [0.5, 0.6) is 5.75 Å². The number of hydrogen-bond acceptors (Lipinski definition) is 6. The van der Waals surface area contributed by atoms with Crippen molar-refractivity contribution in [2.45, 2.75) is 11.8 Å². The largest absolute Gasteiger partial charge is 0.497 e. The number of methoxy groups -OCH3 is 1. The third-order valence-corrected chi connectivity index (χ3v) is 6.54. The summed E-state index contributed by atoms with van der Waals surface area (Å²) in [6.45, 7) is 1.45. The molecule has 9 nitrogen and oxygen atoms in total. The van der Waals surface area contributed by atoms with Crippen molar-refractivity contribution in [2.24, 2.45) is 0 Å². The van der Waals surface area contributed by atoms with Crippen molar-refractivity contribution in [3.05, 3.63) is 42.6 Å². The lowest BCUT2D eigenvalue weighted by molar-refractivity contribution is 0.414. The first-order valence-electron chi connectivity index (χ1n) is 7.88. The normalized spacial score (nSPS) is 12.1. The highest BCUT2D eigenvalue weighted by atomic mass is 32.2. The van der Waals surface area contributed by atoms with E-state index in [2.05, 4.69) is 19.6 Å². The van der Waals surface area contributed by atoms with Gasteiger partial charge in [-0.1, -0.05) is 0 Å². The molecule has 3 rings (SSSR count). The number of hydrogen-bond donors (Lipinski definition) is 3. The van der Waals surface area contributed by atoms with Gasteiger partial charge in [-0.2, -0.15) is 5.10 Å². The molecule has 1 heterocycles. The van der Waals surface area contributed by atoms with Crippen LogP contribution in [0.4, 0.5) is 11.4 Å². The minimum absolute atomic E-state index is 0.0897. The molecule has 27 heavy (non-hydrogen) atoms. The maximum Gasteiger partial charge on any atom is 0.263 e. The second-order valence-corrected chi connectivity index (χ2v) is 9.31. The summed E-state index contributed by atoms with van der Waals surface area (Å²) in [5.41, 5.74) is 0.996. The molecule has 2 aromatic carbocycles. The van der Waals surface area contributed by atoms with Gasteiger partial charge in [0.25, 0.3) is 10.0 Å². The number of benzene rings is 2. The van der Waals surface area contributed by atoms with E-state index in [9.17, 15) is 16.8 Å². The van der Waals surface area contributed by atoms with Crippen molar-refractivity contribution in [3.63, 3.8) is 0 Å². The topological polar surface area (TPSA) is 130 Å². The summed E-state index contributed by atoms with van der Waals surface area (Å²) in [5.74, 6) is 0.122. The predicted molar refractivity (Wildman–Crippen MR) is 103 cm³/mol. The average Bonchev–Trinajstić information content (AvgIpc) is 3.08. The van der Waals surface area contributed by atoms with E-state index < -0.39 is 20.0 Å². The molecule has 0 unspecified atom stereocenters. The van der Waals surface area contributed by atoms with E-state index in [0.29, 0.717) is 11.4 Å². The van der Waals surface area contributed by atoms with Gasteiger partial charge in [0.15, 0.2) is 0 Å². The Morgan fingerprint density at radius 1 is 1.07 bits per heavy atom. The predicted octanol–water partition coefficient (Wildman–Crippen LogP) is 2.13. The zero-order chi connectivity index (χ0) is 19.7. The monoisotopic (exact) mass is 410 g/mol. The third kappa shape index (κ3) is 4.14. The van der Waals surface area contributed by atoms with Crippen LogP contribution in [0, 0.1) is 0 Å². The Bertz CT molecular complexity index is 1190. The van der Waals surface area contributed by atoms with Crippen LogP contribution in [-0.4, -0.2) is 39.9 Å². The van der Waals surface area contributed by atoms with Gasteiger partial charge in [-0.15, -0.1) is 0 Å². The van der Waals surface area contributed by atoms with Gasteiger partial charge in [0.1, 0.15) is 10.6 Å². The number of aromatic nitrogens is 2. The molecule has 0 amide bonds. The van der Waals surface area contributed by atoms with Gasteiger partial charge in [0.05, 0.1) is 30.3 Å². The van der Waals surface area contributed by atoms with E-state index >= 15 is 0 Å². The van der Waals surface area contributed by atoms with Crippen LogP contribution in [0.2, 0.25) is 0 Å². The van der Waals surface area contributed by atoms with Gasteiger partial charge in [-0.3, -0.25) is 14.5 Å². The van der Waals surface area contributed by atoms with Crippen molar-refractivity contribution in [1.29, 1.82) is 0 Å². The van der Waals surface area contributed by atoms with Crippen LogP contribution in [0.3, 0.4) is 0 Å². The highest BCUT2D eigenvalue weighted by Gasteiger charge is 2.22. The number of ether oxygens (including phenoxy) is 1. The van der Waals surface area contributed by atoms with Crippen LogP contribution in [0.25, 0.3) is 10.9 Å². The molecular weight excluding hydrogens is 392 g/mol. The Morgan fingerprint density at radius 2 is 1.85 bits per heavy atom. The average molecular weight is 410 g/mol. The van der Waals surface area contributed by atoms with Gasteiger partial charge in [-0.25, -0.2) is 16.8 Å². The molecule has 0 fully saturated rings. The first-order chi connectivity index (χ1) is 12.7. The molecule has 0 aliphatic rings. The minimum Gasteiger partial charge on any atom is -0.497 e. The van der Waals surface area contributed by atoms with Crippen molar-refractivity contribution < 1.29 is 21.6 Å². The highest BCUT2D eigenvalue weighted by molar-refractivity contribution is 7.93. The quantitative estimate of drug-likeness (QED) is 0.547. The van der Waals surface area contributed by atoms with Crippen molar-refractivity contribution in [2.75, 3.05) is 22.3 Å². The zero-order valence-corrected chi connectivity index (χ0v) is 16.2. The summed E-state index contributed by atoms with van der Waals surface area (Å²) in [6, 6.07) is 8.94. The highest BCUT2D eigenvalue weighted by Crippen LogP contribution is 2.29. The maximum absolute atomic E-state index is 12.9. The van der Waals surface area contributed by atoms with Crippen LogP contribution < -0.4 is 14.2 Å². The lowest BCUT2D eigenvalue weighted by Crippen LogP contribution is -2.19. The second kappa shape index (κ2) is 7.08. The summed E-state index contributed by atoms with van der Waals surface area (Å²) in [5, 5.41) is 7.40. The number of nitrogens with one attached hydrogen (secondary N) is 3. The van der Waals surface area contributed by atoms with Gasteiger partial charge in [0.2, 0.25) is 10.0 Å². The molecule has 144 valence electrons. The summed E-state index contributed by atoms with van der Waals surface area (Å²) < 4.78 is 59.4. The summed E-state index contributed by atoms with van der Waals surface area (Å²) in [7, 11) is -6.35. The standard InChI is InChI=1S/C16H18N4O5S2/c1-3-26(21,22)20-15-9-13(25-2)5-7-16(15)27(23,24)19-12-4-6-14-11(8-12)10-17-18-14/h4-10,19-20H,3H2,1-2H3,(H,17,18). The molecule has 0 aliphatic heterocycles. The molecule has 11 heteroatoms. The Hall–Kier alpha value is -2.79. The molecule has 0 spiro atoms. The van der Waals surface area contributed by atoms with Crippen LogP contribution in [0.1, 0.15) is 6.92 Å². The number of sulfonamides is 2. The fourth-order valence-corrected chi connectivity index (χ4v) is 4.31. The van der Waals surface area contributed by atoms with E-state index in [4.69, 9.17) is 4.74 Å². The molecule has 0 aliphatic carbocycles. The molecule has 0 radical (unpaired) electrons. The maximum atomic E-state index is 12.9. The van der Waals surface area contributed by atoms with Crippen molar-refractivity contribution in [3.8, 4) is 5.75 Å². The van der Waals surface area contributed by atoms with E-state index in [1.807, 2.05) is 0 Å². The van der Waals surface area contributed by atoms with Gasteiger partial charge in [-0.05, 0) is 37.3 Å². The number of anilines is 2. The first-order valence-corrected chi connectivity index (χ1v) is 11.0. The zero-order valence-electron chi connectivity index (χ0n) is 14.6. The molecule has 0 saturated carbocycles. The number of nitrogens with zero attached hydrogens (tertiary/aromatic N) is 1. The Kier molecular flexibility index (Phi) is 4.98. The first kappa shape index (κ1) is 19.0. The lowest BCUT2D eigenvalue weighted by atomic mass is 10.2. The number of fused-ring (bicyclic) bond motifs is 1. The summed E-state index contributed by atoms with van der Waals surface area (Å²) in [4.78, 5) is -0.215. The molecular formula is C16H18N4O5S2. The summed E-state index contributed by atoms with van der Waals surface area (Å²) >= 11 is 0. The molecule has 0 atom stereocenters. The minimum atomic E-state index is -4.06. The Morgan fingerprint density at radius 3 is 2.56 bits per heavy atom. The Labute approximate surface area is 156 Å². The fourth-order valence-electron chi connectivity index (χ4n) is 2.41. The van der Waals surface area contributed by atoms with Crippen LogP contribution >= 0.6 is 0 Å². The van der Waals surface area contributed by atoms with Gasteiger partial charge < -0.3 is 4.74 Å². The Balaban J connectivity index is 2.01. The smallest absolute Gasteiger partial charge is 0.263 e. The lowest BCUT2D eigenvalue weighted by Gasteiger charge is -2.15. The molecule has 3 aromatic rings. The number of H-pyrrole nitrogens is 1. The van der Waals surface area contributed by atoms with Crippen LogP contribution in [-0.2, 0) is 20.0 Å². The van der Waals surface area contributed by atoms with E-state index in [-0.39, 0.29) is 16.3 Å². The van der Waals surface area contributed by atoms with E-state index in [1.54, 1.807) is 24.4 Å². The summed E-state index contributed by atoms with van der Waals surface area (Å²) in [6.07, 6.45) is 1.57. The van der Waals surface area contributed by atoms with Crippen molar-refractivity contribution in [1.82, 2.24) is 10.2 Å². The number of rotatable bonds is 7. The molecule has 1 aromatic heterocycles. The third-order valence-electron chi connectivity index (χ3n) is 3.81. The van der Waals surface area contributed by atoms with Gasteiger partial charge in [0, 0.05) is 17.1 Å². The van der Waals surface area contributed by atoms with E-state index in [0.717, 1.165) is 10.9 Å². The van der Waals surface area contributed by atoms with Gasteiger partial charge >= 0.3 is 0 Å². The van der Waals surface area contributed by atoms with Crippen molar-refractivity contribution >= 4 is 42.3 Å². The van der Waals surface area contributed by atoms with E-state index in [1.165, 1.54) is 32.2 Å². The SMILES string of the molecule is CCS(=O)(=O)Nc1cc(OC)ccc1S(=O)(=O)Nc1ccc2[nH]ncc2c1. The fraction of sp³-hybridized carbons (Fsp3) is 0.188. The molecule has 0 saturated heterocycles.